The second-order valence-corrected chi connectivity index (χ2v) is 5.09. The molecule has 1 aromatic heterocycles. The van der Waals surface area contributed by atoms with Crippen molar-refractivity contribution in [2.75, 3.05) is 18.7 Å². The van der Waals surface area contributed by atoms with Crippen molar-refractivity contribution in [2.24, 2.45) is 0 Å². The summed E-state index contributed by atoms with van der Waals surface area (Å²) in [5, 5.41) is 9.03. The number of carboxylic acids is 1. The Morgan fingerprint density at radius 3 is 3.06 bits per heavy atom. The molecule has 0 aliphatic carbocycles. The van der Waals surface area contributed by atoms with Gasteiger partial charge in [-0.2, -0.15) is 0 Å². The van der Waals surface area contributed by atoms with Gasteiger partial charge in [-0.3, -0.25) is 0 Å². The highest BCUT2D eigenvalue weighted by Gasteiger charge is 2.35. The van der Waals surface area contributed by atoms with Crippen molar-refractivity contribution in [3.63, 3.8) is 0 Å². The number of nitrogens with zero attached hydrogens (tertiary/aromatic N) is 2. The van der Waals surface area contributed by atoms with Gasteiger partial charge in [0.15, 0.2) is 0 Å². The highest BCUT2D eigenvalue weighted by atomic mass is 32.2. The average Bonchev–Trinajstić information content (AvgIpc) is 2.97. The molecule has 1 atom stereocenters. The van der Waals surface area contributed by atoms with Crippen LogP contribution in [0.2, 0.25) is 0 Å². The Balaban J connectivity index is 1.99. The first-order valence-electron chi connectivity index (χ1n) is 5.43. The maximum atomic E-state index is 12.1. The van der Waals surface area contributed by atoms with Gasteiger partial charge >= 0.3 is 12.0 Å². The van der Waals surface area contributed by atoms with Crippen LogP contribution in [0.25, 0.3) is 0 Å². The van der Waals surface area contributed by atoms with E-state index in [4.69, 9.17) is 9.52 Å². The SMILES string of the molecule is CN(Cc1ccoc1)C(=O)N1CSCC1C(=O)O. The molecule has 0 saturated carbocycles. The summed E-state index contributed by atoms with van der Waals surface area (Å²) in [4.78, 5) is 26.0. The number of aliphatic carboxylic acids is 1. The largest absolute Gasteiger partial charge is 0.480 e. The molecule has 2 rings (SSSR count). The maximum absolute atomic E-state index is 12.1. The fraction of sp³-hybridized carbons (Fsp3) is 0.455. The van der Waals surface area contributed by atoms with Crippen LogP contribution in [0.1, 0.15) is 5.56 Å². The van der Waals surface area contributed by atoms with Gasteiger partial charge in [-0.1, -0.05) is 0 Å². The number of rotatable bonds is 3. The molecule has 98 valence electrons. The van der Waals surface area contributed by atoms with Crippen molar-refractivity contribution < 1.29 is 19.1 Å². The van der Waals surface area contributed by atoms with E-state index in [0.29, 0.717) is 18.2 Å². The number of hydrogen-bond acceptors (Lipinski definition) is 4. The van der Waals surface area contributed by atoms with Crippen LogP contribution in [0.4, 0.5) is 4.79 Å². The first-order valence-corrected chi connectivity index (χ1v) is 6.58. The lowest BCUT2D eigenvalue weighted by atomic mass is 10.3. The molecule has 1 N–H and O–H groups in total. The van der Waals surface area contributed by atoms with E-state index in [1.807, 2.05) is 0 Å². The van der Waals surface area contributed by atoms with Crippen molar-refractivity contribution in [3.05, 3.63) is 24.2 Å². The zero-order valence-electron chi connectivity index (χ0n) is 9.91. The van der Waals surface area contributed by atoms with Gasteiger partial charge < -0.3 is 19.3 Å². The third-order valence-electron chi connectivity index (χ3n) is 2.74. The van der Waals surface area contributed by atoms with Gasteiger partial charge in [0.1, 0.15) is 6.04 Å². The minimum absolute atomic E-state index is 0.270. The van der Waals surface area contributed by atoms with Crippen LogP contribution in [-0.4, -0.2) is 51.6 Å². The predicted octanol–water partition coefficient (Wildman–Crippen LogP) is 1.29. The average molecular weight is 270 g/mol. The van der Waals surface area contributed by atoms with Gasteiger partial charge in [0.05, 0.1) is 24.9 Å². The van der Waals surface area contributed by atoms with Crippen molar-refractivity contribution in [1.29, 1.82) is 0 Å². The molecule has 7 heteroatoms. The lowest BCUT2D eigenvalue weighted by Crippen LogP contribution is -2.47. The van der Waals surface area contributed by atoms with Gasteiger partial charge in [-0.15, -0.1) is 11.8 Å². The number of thioether (sulfide) groups is 1. The van der Waals surface area contributed by atoms with Crippen LogP contribution < -0.4 is 0 Å². The van der Waals surface area contributed by atoms with Gasteiger partial charge in [0.2, 0.25) is 0 Å². The zero-order chi connectivity index (χ0) is 13.1. The van der Waals surface area contributed by atoms with Crippen LogP contribution in [0, 0.1) is 0 Å². The molecule has 1 unspecified atom stereocenters. The molecule has 0 spiro atoms. The molecule has 0 bridgehead atoms. The summed E-state index contributed by atoms with van der Waals surface area (Å²) in [5.74, 6) is -0.0864. The molecule has 2 heterocycles. The molecule has 0 aromatic carbocycles. The Labute approximate surface area is 109 Å². The van der Waals surface area contributed by atoms with E-state index in [1.165, 1.54) is 21.6 Å². The van der Waals surface area contributed by atoms with Gasteiger partial charge in [-0.05, 0) is 6.07 Å². The minimum Gasteiger partial charge on any atom is -0.480 e. The lowest BCUT2D eigenvalue weighted by Gasteiger charge is -2.26. The van der Waals surface area contributed by atoms with E-state index in [0.717, 1.165) is 5.56 Å². The van der Waals surface area contributed by atoms with Gasteiger partial charge in [0, 0.05) is 18.4 Å². The van der Waals surface area contributed by atoms with E-state index in [9.17, 15) is 9.59 Å². The fourth-order valence-corrected chi connectivity index (χ4v) is 2.92. The molecule has 1 fully saturated rings. The number of carboxylic acid groups (broad SMARTS) is 1. The van der Waals surface area contributed by atoms with Crippen LogP contribution in [-0.2, 0) is 11.3 Å². The molecule has 1 aromatic rings. The fourth-order valence-electron chi connectivity index (χ4n) is 1.78. The number of carbonyl (C=O) groups is 2. The lowest BCUT2D eigenvalue weighted by molar-refractivity contribution is -0.140. The molecule has 0 radical (unpaired) electrons. The molecular formula is C11H14N2O4S. The van der Waals surface area contributed by atoms with Crippen molar-refractivity contribution in [2.45, 2.75) is 12.6 Å². The third-order valence-corrected chi connectivity index (χ3v) is 3.75. The Kier molecular flexibility index (Phi) is 3.81. The molecular weight excluding hydrogens is 256 g/mol. The second kappa shape index (κ2) is 5.34. The van der Waals surface area contributed by atoms with Gasteiger partial charge in [0.25, 0.3) is 0 Å². The summed E-state index contributed by atoms with van der Waals surface area (Å²) in [7, 11) is 1.65. The normalized spacial score (nSPS) is 18.9. The van der Waals surface area contributed by atoms with Gasteiger partial charge in [-0.25, -0.2) is 9.59 Å². The summed E-state index contributed by atoms with van der Waals surface area (Å²) >= 11 is 1.45. The van der Waals surface area contributed by atoms with Crippen molar-refractivity contribution >= 4 is 23.8 Å². The third kappa shape index (κ3) is 2.61. The van der Waals surface area contributed by atoms with Crippen LogP contribution in [0.15, 0.2) is 23.0 Å². The summed E-state index contributed by atoms with van der Waals surface area (Å²) in [6, 6.07) is 0.778. The molecule has 1 aliphatic rings. The summed E-state index contributed by atoms with van der Waals surface area (Å²) in [6.45, 7) is 0.406. The number of urea groups is 1. The number of carbonyl (C=O) groups excluding carboxylic acids is 1. The van der Waals surface area contributed by atoms with E-state index in [1.54, 1.807) is 25.6 Å². The van der Waals surface area contributed by atoms with Crippen LogP contribution in [0.5, 0.6) is 0 Å². The maximum Gasteiger partial charge on any atom is 0.327 e. The van der Waals surface area contributed by atoms with Crippen LogP contribution >= 0.6 is 11.8 Å². The number of furan rings is 1. The Hall–Kier alpha value is -1.63. The smallest absolute Gasteiger partial charge is 0.327 e. The topological polar surface area (TPSA) is 74.0 Å². The molecule has 18 heavy (non-hydrogen) atoms. The Morgan fingerprint density at radius 1 is 1.67 bits per heavy atom. The molecule has 1 aliphatic heterocycles. The first-order chi connectivity index (χ1) is 8.59. The van der Waals surface area contributed by atoms with Crippen molar-refractivity contribution in [1.82, 2.24) is 9.80 Å². The zero-order valence-corrected chi connectivity index (χ0v) is 10.7. The number of hydrogen-bond donors (Lipinski definition) is 1. The van der Waals surface area contributed by atoms with E-state index in [-0.39, 0.29) is 6.03 Å². The Morgan fingerprint density at radius 2 is 2.44 bits per heavy atom. The number of amides is 2. The predicted molar refractivity (Wildman–Crippen MR) is 66.2 cm³/mol. The van der Waals surface area contributed by atoms with E-state index >= 15 is 0 Å². The molecule has 6 nitrogen and oxygen atoms in total. The second-order valence-electron chi connectivity index (χ2n) is 4.09. The Bertz CT molecular complexity index is 434. The van der Waals surface area contributed by atoms with E-state index in [2.05, 4.69) is 0 Å². The van der Waals surface area contributed by atoms with Crippen LogP contribution in [0.3, 0.4) is 0 Å². The summed E-state index contributed by atoms with van der Waals surface area (Å²) < 4.78 is 4.93. The molecule has 1 saturated heterocycles. The summed E-state index contributed by atoms with van der Waals surface area (Å²) in [6.07, 6.45) is 3.11. The minimum atomic E-state index is -0.954. The van der Waals surface area contributed by atoms with E-state index < -0.39 is 12.0 Å². The highest BCUT2D eigenvalue weighted by molar-refractivity contribution is 7.99. The monoisotopic (exact) mass is 270 g/mol. The highest BCUT2D eigenvalue weighted by Crippen LogP contribution is 2.22. The first kappa shape index (κ1) is 12.8. The molecule has 2 amide bonds. The quantitative estimate of drug-likeness (QED) is 0.896. The summed E-state index contributed by atoms with van der Waals surface area (Å²) in [5.41, 5.74) is 0.879. The van der Waals surface area contributed by atoms with Crippen molar-refractivity contribution in [3.8, 4) is 0 Å². The standard InChI is InChI=1S/C11H14N2O4S/c1-12(4-8-2-3-17-5-8)11(16)13-7-18-6-9(13)10(14)15/h2-3,5,9H,4,6-7H2,1H3,(H,14,15).